The van der Waals surface area contributed by atoms with Crippen LogP contribution in [-0.2, 0) is 16.0 Å². The van der Waals surface area contributed by atoms with Crippen LogP contribution < -0.4 is 5.32 Å². The zero-order chi connectivity index (χ0) is 16.8. The van der Waals surface area contributed by atoms with Crippen molar-refractivity contribution in [2.24, 2.45) is 0 Å². The summed E-state index contributed by atoms with van der Waals surface area (Å²) < 4.78 is 4.79. The molecule has 1 amide bonds. The van der Waals surface area contributed by atoms with Gasteiger partial charge in [0.2, 0.25) is 5.13 Å². The molecule has 23 heavy (non-hydrogen) atoms. The molecule has 0 aliphatic rings. The number of nitrogens with zero attached hydrogens (tertiary/aromatic N) is 3. The number of esters is 1. The van der Waals surface area contributed by atoms with Crippen molar-refractivity contribution in [3.05, 3.63) is 45.0 Å². The van der Waals surface area contributed by atoms with Gasteiger partial charge in [0.25, 0.3) is 11.6 Å². The van der Waals surface area contributed by atoms with Gasteiger partial charge in [-0.3, -0.25) is 25.0 Å². The summed E-state index contributed by atoms with van der Waals surface area (Å²) >= 11 is 0.999. The lowest BCUT2D eigenvalue weighted by molar-refractivity contribution is -0.385. The molecule has 1 aromatic carbocycles. The molecule has 0 spiro atoms. The summed E-state index contributed by atoms with van der Waals surface area (Å²) in [5.41, 5.74) is -0.388. The summed E-state index contributed by atoms with van der Waals surface area (Å²) in [7, 11) is 0. The number of amides is 1. The first-order valence-corrected chi connectivity index (χ1v) is 7.35. The summed E-state index contributed by atoms with van der Waals surface area (Å²) in [6.45, 7) is 1.95. The van der Waals surface area contributed by atoms with Crippen LogP contribution in [0.25, 0.3) is 0 Å². The molecule has 1 heterocycles. The van der Waals surface area contributed by atoms with Crippen LogP contribution in [0.3, 0.4) is 0 Å². The van der Waals surface area contributed by atoms with E-state index in [-0.39, 0.29) is 29.4 Å². The fourth-order valence-corrected chi connectivity index (χ4v) is 2.42. The number of benzene rings is 1. The van der Waals surface area contributed by atoms with E-state index in [0.29, 0.717) is 5.01 Å². The second-order valence-electron chi connectivity index (χ2n) is 4.21. The van der Waals surface area contributed by atoms with E-state index in [4.69, 9.17) is 4.74 Å². The Balaban J connectivity index is 2.08. The fraction of sp³-hybridized carbons (Fsp3) is 0.231. The standard InChI is InChI=1S/C13H12N4O5S/c1-2-22-11(18)7-10-15-16-13(23-10)14-12(19)8-5-3-4-6-9(8)17(20)21/h3-6H,2,7H2,1H3,(H,14,16,19). The van der Waals surface area contributed by atoms with Crippen molar-refractivity contribution in [2.45, 2.75) is 13.3 Å². The predicted octanol–water partition coefficient (Wildman–Crippen LogP) is 1.80. The molecule has 10 heteroatoms. The van der Waals surface area contributed by atoms with Crippen LogP contribution >= 0.6 is 11.3 Å². The zero-order valence-electron chi connectivity index (χ0n) is 12.0. The highest BCUT2D eigenvalue weighted by Gasteiger charge is 2.20. The summed E-state index contributed by atoms with van der Waals surface area (Å²) in [5, 5.41) is 21.4. The van der Waals surface area contributed by atoms with E-state index in [2.05, 4.69) is 15.5 Å². The lowest BCUT2D eigenvalue weighted by Gasteiger charge is -2.01. The van der Waals surface area contributed by atoms with Crippen LogP contribution in [-0.4, -0.2) is 33.6 Å². The Hall–Kier alpha value is -2.88. The summed E-state index contributed by atoms with van der Waals surface area (Å²) in [5.74, 6) is -1.11. The van der Waals surface area contributed by atoms with Gasteiger partial charge in [-0.15, -0.1) is 10.2 Å². The van der Waals surface area contributed by atoms with Crippen LogP contribution in [0.15, 0.2) is 24.3 Å². The number of rotatable bonds is 6. The number of hydrogen-bond acceptors (Lipinski definition) is 8. The Bertz CT molecular complexity index is 745. The number of nitrogens with one attached hydrogen (secondary N) is 1. The first-order valence-electron chi connectivity index (χ1n) is 6.54. The molecule has 0 unspecified atom stereocenters. The molecule has 2 rings (SSSR count). The number of nitro groups is 1. The van der Waals surface area contributed by atoms with Gasteiger partial charge in [-0.2, -0.15) is 0 Å². The monoisotopic (exact) mass is 336 g/mol. The van der Waals surface area contributed by atoms with Gasteiger partial charge in [0.05, 0.1) is 18.0 Å². The molecule has 0 fully saturated rings. The van der Waals surface area contributed by atoms with Crippen LogP contribution in [0.4, 0.5) is 10.8 Å². The Kier molecular flexibility index (Phi) is 5.31. The van der Waals surface area contributed by atoms with Crippen LogP contribution in [0.5, 0.6) is 0 Å². The summed E-state index contributed by atoms with van der Waals surface area (Å²) in [6.07, 6.45) is -0.0487. The topological polar surface area (TPSA) is 124 Å². The van der Waals surface area contributed by atoms with E-state index < -0.39 is 16.8 Å². The van der Waals surface area contributed by atoms with Gasteiger partial charge in [0, 0.05) is 6.07 Å². The predicted molar refractivity (Wildman–Crippen MR) is 81.3 cm³/mol. The third kappa shape index (κ3) is 4.30. The van der Waals surface area contributed by atoms with E-state index in [0.717, 1.165) is 11.3 Å². The molecular weight excluding hydrogens is 324 g/mol. The number of ether oxygens (including phenoxy) is 1. The first kappa shape index (κ1) is 16.5. The lowest BCUT2D eigenvalue weighted by Crippen LogP contribution is -2.13. The molecule has 0 saturated heterocycles. The normalized spacial score (nSPS) is 10.1. The van der Waals surface area contributed by atoms with E-state index in [1.165, 1.54) is 24.3 Å². The molecule has 0 aliphatic carbocycles. The smallest absolute Gasteiger partial charge is 0.312 e. The van der Waals surface area contributed by atoms with Gasteiger partial charge in [0.1, 0.15) is 10.6 Å². The van der Waals surface area contributed by atoms with Gasteiger partial charge >= 0.3 is 5.97 Å². The molecule has 1 aromatic heterocycles. The highest BCUT2D eigenvalue weighted by molar-refractivity contribution is 7.15. The quantitative estimate of drug-likeness (QED) is 0.484. The highest BCUT2D eigenvalue weighted by atomic mass is 32.1. The molecule has 0 bridgehead atoms. The molecule has 120 valence electrons. The lowest BCUT2D eigenvalue weighted by atomic mass is 10.1. The van der Waals surface area contributed by atoms with E-state index >= 15 is 0 Å². The highest BCUT2D eigenvalue weighted by Crippen LogP contribution is 2.21. The molecule has 2 aromatic rings. The summed E-state index contributed by atoms with van der Waals surface area (Å²) in [4.78, 5) is 33.7. The van der Waals surface area contributed by atoms with Crippen molar-refractivity contribution in [1.82, 2.24) is 10.2 Å². The maximum absolute atomic E-state index is 12.1. The van der Waals surface area contributed by atoms with Crippen molar-refractivity contribution >= 4 is 34.0 Å². The van der Waals surface area contributed by atoms with Gasteiger partial charge in [-0.05, 0) is 13.0 Å². The number of para-hydroxylation sites is 1. The minimum absolute atomic E-state index is 0.0487. The van der Waals surface area contributed by atoms with Crippen molar-refractivity contribution in [2.75, 3.05) is 11.9 Å². The number of nitro benzene ring substituents is 1. The average molecular weight is 336 g/mol. The Morgan fingerprint density at radius 1 is 1.35 bits per heavy atom. The average Bonchev–Trinajstić information content (AvgIpc) is 2.94. The Morgan fingerprint density at radius 2 is 2.09 bits per heavy atom. The van der Waals surface area contributed by atoms with E-state index in [1.54, 1.807) is 6.92 Å². The van der Waals surface area contributed by atoms with Crippen LogP contribution in [0.1, 0.15) is 22.3 Å². The SMILES string of the molecule is CCOC(=O)Cc1nnc(NC(=O)c2ccccc2[N+](=O)[O-])s1. The minimum Gasteiger partial charge on any atom is -0.466 e. The van der Waals surface area contributed by atoms with Gasteiger partial charge in [-0.25, -0.2) is 0 Å². The number of anilines is 1. The zero-order valence-corrected chi connectivity index (χ0v) is 12.8. The third-order valence-corrected chi connectivity index (χ3v) is 3.47. The van der Waals surface area contributed by atoms with Crippen LogP contribution in [0, 0.1) is 10.1 Å². The largest absolute Gasteiger partial charge is 0.466 e. The van der Waals surface area contributed by atoms with Gasteiger partial charge in [-0.1, -0.05) is 23.5 Å². The molecule has 0 saturated carbocycles. The number of carbonyl (C=O) groups is 2. The number of hydrogen-bond donors (Lipinski definition) is 1. The summed E-state index contributed by atoms with van der Waals surface area (Å²) in [6, 6.07) is 5.57. The second kappa shape index (κ2) is 7.40. The third-order valence-electron chi connectivity index (χ3n) is 2.63. The van der Waals surface area contributed by atoms with Crippen molar-refractivity contribution in [1.29, 1.82) is 0 Å². The van der Waals surface area contributed by atoms with Gasteiger partial charge < -0.3 is 4.74 Å². The molecule has 0 atom stereocenters. The Labute approximate surface area is 134 Å². The van der Waals surface area contributed by atoms with Gasteiger partial charge in [0.15, 0.2) is 0 Å². The molecule has 0 radical (unpaired) electrons. The maximum Gasteiger partial charge on any atom is 0.312 e. The maximum atomic E-state index is 12.1. The molecule has 9 nitrogen and oxygen atoms in total. The molecular formula is C13H12N4O5S. The van der Waals surface area contributed by atoms with E-state index in [9.17, 15) is 19.7 Å². The Morgan fingerprint density at radius 3 is 2.78 bits per heavy atom. The minimum atomic E-state index is -0.670. The van der Waals surface area contributed by atoms with Crippen molar-refractivity contribution < 1.29 is 19.2 Å². The van der Waals surface area contributed by atoms with Crippen molar-refractivity contribution in [3.8, 4) is 0 Å². The van der Waals surface area contributed by atoms with E-state index in [1.807, 2.05) is 0 Å². The molecule has 1 N–H and O–H groups in total. The number of carbonyl (C=O) groups excluding carboxylic acids is 2. The fourth-order valence-electron chi connectivity index (χ4n) is 1.70. The second-order valence-corrected chi connectivity index (χ2v) is 5.27. The first-order chi connectivity index (χ1) is 11.0. The van der Waals surface area contributed by atoms with Crippen LogP contribution in [0.2, 0.25) is 0 Å². The molecule has 0 aliphatic heterocycles. The number of aromatic nitrogens is 2. The van der Waals surface area contributed by atoms with Crippen molar-refractivity contribution in [3.63, 3.8) is 0 Å².